The first kappa shape index (κ1) is 8.91. The minimum absolute atomic E-state index is 0.0552. The van der Waals surface area contributed by atoms with Gasteiger partial charge in [-0.3, -0.25) is 9.59 Å². The molecule has 0 radical (unpaired) electrons. The summed E-state index contributed by atoms with van der Waals surface area (Å²) in [5.41, 5.74) is 1.16. The quantitative estimate of drug-likeness (QED) is 0.469. The molecule has 0 unspecified atom stereocenters. The molecule has 0 amide bonds. The highest BCUT2D eigenvalue weighted by molar-refractivity contribution is 6.07. The van der Waals surface area contributed by atoms with Crippen LogP contribution in [-0.4, -0.2) is 11.6 Å². The molecular formula is C12H8N2O2+2. The van der Waals surface area contributed by atoms with Crippen LogP contribution in [0.15, 0.2) is 36.7 Å². The number of fused-ring (bicyclic) bond motifs is 3. The maximum Gasteiger partial charge on any atom is 0.287 e. The summed E-state index contributed by atoms with van der Waals surface area (Å²) in [5, 5.41) is 1.34. The Hall–Kier alpha value is -2.36. The Balaban J connectivity index is 2.51. The molecular weight excluding hydrogens is 204 g/mol. The van der Waals surface area contributed by atoms with Crippen molar-refractivity contribution in [2.45, 2.75) is 0 Å². The van der Waals surface area contributed by atoms with Crippen LogP contribution in [0.3, 0.4) is 0 Å². The molecule has 76 valence electrons. The molecule has 0 aliphatic carbocycles. The third-order valence-corrected chi connectivity index (χ3v) is 2.66. The molecule has 0 spiro atoms. The molecule has 0 saturated carbocycles. The van der Waals surface area contributed by atoms with Crippen molar-refractivity contribution in [3.05, 3.63) is 58.5 Å². The lowest BCUT2D eigenvalue weighted by Gasteiger charge is -1.99. The first-order chi connectivity index (χ1) is 7.77. The molecule has 2 aliphatic rings. The number of allylic oxidation sites excluding steroid dienone is 2. The molecule has 0 fully saturated rings. The fourth-order valence-corrected chi connectivity index (χ4v) is 1.89. The van der Waals surface area contributed by atoms with Crippen molar-refractivity contribution in [3.8, 4) is 0 Å². The monoisotopic (exact) mass is 212 g/mol. The lowest BCUT2D eigenvalue weighted by molar-refractivity contribution is -0.455. The van der Waals surface area contributed by atoms with Gasteiger partial charge in [-0.1, -0.05) is 0 Å². The zero-order valence-electron chi connectivity index (χ0n) is 8.28. The first-order valence-electron chi connectivity index (χ1n) is 4.89. The fourth-order valence-electron chi connectivity index (χ4n) is 1.89. The second kappa shape index (κ2) is 3.06. The Kier molecular flexibility index (Phi) is 1.71. The minimum Gasteiger partial charge on any atom is -0.289 e. The van der Waals surface area contributed by atoms with Crippen LogP contribution >= 0.6 is 0 Å². The predicted molar refractivity (Wildman–Crippen MR) is 52.8 cm³/mol. The average molecular weight is 212 g/mol. The number of benzene rings is 1. The number of carbonyl (C=O) groups excluding carboxylic acids is 2. The summed E-state index contributed by atoms with van der Waals surface area (Å²) in [6.45, 7) is 0. The number of carbonyl (C=O) groups is 2. The molecule has 0 atom stereocenters. The van der Waals surface area contributed by atoms with Crippen molar-refractivity contribution in [2.24, 2.45) is 0 Å². The molecule has 2 N–H and O–H groups in total. The van der Waals surface area contributed by atoms with Crippen LogP contribution in [0.4, 0.5) is 0 Å². The molecule has 4 nitrogen and oxygen atoms in total. The van der Waals surface area contributed by atoms with Gasteiger partial charge in [0.1, 0.15) is 11.1 Å². The van der Waals surface area contributed by atoms with E-state index in [1.807, 2.05) is 0 Å². The van der Waals surface area contributed by atoms with Gasteiger partial charge in [-0.15, -0.1) is 0 Å². The van der Waals surface area contributed by atoms with E-state index in [9.17, 15) is 9.59 Å². The molecule has 0 bridgehead atoms. The van der Waals surface area contributed by atoms with Crippen molar-refractivity contribution in [1.82, 2.24) is 0 Å². The summed E-state index contributed by atoms with van der Waals surface area (Å²) < 4.78 is 0. The SMILES string of the molecule is O=C1C=C[NH+]=c2c1ccc1c2=[NH+]C=CC1=O. The highest BCUT2D eigenvalue weighted by Crippen LogP contribution is 1.98. The van der Waals surface area contributed by atoms with Crippen LogP contribution < -0.4 is 20.7 Å². The van der Waals surface area contributed by atoms with Gasteiger partial charge in [0, 0.05) is 0 Å². The lowest BCUT2D eigenvalue weighted by Crippen LogP contribution is -2.86. The maximum atomic E-state index is 11.6. The summed E-state index contributed by atoms with van der Waals surface area (Å²) in [6, 6.07) is 3.34. The predicted octanol–water partition coefficient (Wildman–Crippen LogP) is -3.49. The van der Waals surface area contributed by atoms with Gasteiger partial charge in [-0.2, -0.15) is 0 Å². The van der Waals surface area contributed by atoms with Crippen molar-refractivity contribution >= 4 is 11.6 Å². The topological polar surface area (TPSA) is 62.1 Å². The van der Waals surface area contributed by atoms with Gasteiger partial charge in [-0.25, -0.2) is 9.98 Å². The number of hydrogen-bond donors (Lipinski definition) is 2. The molecule has 1 aromatic carbocycles. The van der Waals surface area contributed by atoms with Gasteiger partial charge in [0.05, 0.1) is 12.2 Å². The van der Waals surface area contributed by atoms with Crippen LogP contribution in [0.5, 0.6) is 0 Å². The zero-order chi connectivity index (χ0) is 11.1. The van der Waals surface area contributed by atoms with Crippen LogP contribution in [0.2, 0.25) is 0 Å². The zero-order valence-corrected chi connectivity index (χ0v) is 8.28. The third-order valence-electron chi connectivity index (χ3n) is 2.66. The molecule has 0 aromatic heterocycles. The van der Waals surface area contributed by atoms with E-state index in [1.165, 1.54) is 12.2 Å². The average Bonchev–Trinajstić information content (AvgIpc) is 2.30. The van der Waals surface area contributed by atoms with Gasteiger partial charge < -0.3 is 0 Å². The van der Waals surface area contributed by atoms with Gasteiger partial charge >= 0.3 is 0 Å². The van der Waals surface area contributed by atoms with Crippen LogP contribution in [0.25, 0.3) is 0 Å². The first-order valence-corrected chi connectivity index (χ1v) is 4.89. The molecule has 4 heteroatoms. The fraction of sp³-hybridized carbons (Fsp3) is 0. The maximum absolute atomic E-state index is 11.6. The molecule has 16 heavy (non-hydrogen) atoms. The summed E-state index contributed by atoms with van der Waals surface area (Å²) >= 11 is 0. The van der Waals surface area contributed by atoms with E-state index in [1.54, 1.807) is 24.5 Å². The Morgan fingerprint density at radius 1 is 0.750 bits per heavy atom. The Morgan fingerprint density at radius 3 is 1.62 bits per heavy atom. The molecule has 2 aliphatic heterocycles. The number of nitrogens with one attached hydrogen (secondary N) is 2. The van der Waals surface area contributed by atoms with Crippen molar-refractivity contribution in [1.29, 1.82) is 0 Å². The van der Waals surface area contributed by atoms with Crippen molar-refractivity contribution < 1.29 is 19.6 Å². The summed E-state index contributed by atoms with van der Waals surface area (Å²) in [7, 11) is 0. The summed E-state index contributed by atoms with van der Waals surface area (Å²) in [4.78, 5) is 29.2. The third kappa shape index (κ3) is 1.10. The van der Waals surface area contributed by atoms with E-state index < -0.39 is 0 Å². The van der Waals surface area contributed by atoms with E-state index >= 15 is 0 Å². The van der Waals surface area contributed by atoms with Crippen LogP contribution in [-0.2, 0) is 0 Å². The second-order valence-corrected chi connectivity index (χ2v) is 3.59. The largest absolute Gasteiger partial charge is 0.289 e. The highest BCUT2D eigenvalue weighted by Gasteiger charge is 2.23. The van der Waals surface area contributed by atoms with E-state index in [0.717, 1.165) is 0 Å². The van der Waals surface area contributed by atoms with Gasteiger partial charge in [0.15, 0.2) is 24.0 Å². The van der Waals surface area contributed by atoms with Crippen LogP contribution in [0, 0.1) is 0 Å². The standard InChI is InChI=1S/C12H6N2O2/c15-9-3-5-13-11-7(9)1-2-8-10(16)4-6-14-12(8)11/h1-6H/p+2. The number of ketones is 2. The second-order valence-electron chi connectivity index (χ2n) is 3.59. The van der Waals surface area contributed by atoms with Gasteiger partial charge in [0.2, 0.25) is 0 Å². The van der Waals surface area contributed by atoms with E-state index in [4.69, 9.17) is 0 Å². The minimum atomic E-state index is -0.0552. The Labute approximate surface area is 90.3 Å². The molecule has 2 heterocycles. The van der Waals surface area contributed by atoms with Gasteiger partial charge in [0.25, 0.3) is 10.7 Å². The lowest BCUT2D eigenvalue weighted by atomic mass is 10.0. The normalized spacial score (nSPS) is 16.2. The Bertz CT molecular complexity index is 635. The summed E-state index contributed by atoms with van der Waals surface area (Å²) in [5.74, 6) is -0.110. The highest BCUT2D eigenvalue weighted by atomic mass is 16.1. The van der Waals surface area contributed by atoms with Crippen molar-refractivity contribution in [3.63, 3.8) is 0 Å². The molecule has 1 aromatic rings. The van der Waals surface area contributed by atoms with Gasteiger partial charge in [-0.05, 0) is 12.1 Å². The number of rotatable bonds is 0. The Morgan fingerprint density at radius 2 is 1.19 bits per heavy atom. The van der Waals surface area contributed by atoms with Crippen LogP contribution in [0.1, 0.15) is 20.7 Å². The van der Waals surface area contributed by atoms with E-state index in [2.05, 4.69) is 9.98 Å². The molecule has 3 rings (SSSR count). The number of hydrogen-bond acceptors (Lipinski definition) is 2. The van der Waals surface area contributed by atoms with E-state index in [-0.39, 0.29) is 11.6 Å². The summed E-state index contributed by atoms with van der Waals surface area (Å²) in [6.07, 6.45) is 6.09. The van der Waals surface area contributed by atoms with Crippen molar-refractivity contribution in [2.75, 3.05) is 0 Å². The smallest absolute Gasteiger partial charge is 0.287 e. The van der Waals surface area contributed by atoms with E-state index in [0.29, 0.717) is 21.8 Å². The molecule has 0 saturated heterocycles.